The number of aromatic nitrogens is 1. The van der Waals surface area contributed by atoms with E-state index in [9.17, 15) is 0 Å². The van der Waals surface area contributed by atoms with Gasteiger partial charge in [-0.3, -0.25) is 0 Å². The van der Waals surface area contributed by atoms with Crippen LogP contribution in [0.3, 0.4) is 0 Å². The second-order valence-electron chi connectivity index (χ2n) is 3.56. The summed E-state index contributed by atoms with van der Waals surface area (Å²) in [6.45, 7) is 7.60. The van der Waals surface area contributed by atoms with Crippen molar-refractivity contribution in [1.82, 2.24) is 10.3 Å². The van der Waals surface area contributed by atoms with Crippen LogP contribution in [0.4, 0.5) is 0 Å². The van der Waals surface area contributed by atoms with E-state index in [1.54, 1.807) is 11.3 Å². The zero-order valence-electron chi connectivity index (χ0n) is 9.34. The van der Waals surface area contributed by atoms with Gasteiger partial charge in [0, 0.05) is 23.7 Å². The fraction of sp³-hybridized carbons (Fsp3) is 0.727. The number of hydrogen-bond donors (Lipinski definition) is 1. The van der Waals surface area contributed by atoms with Crippen LogP contribution in [0.1, 0.15) is 36.6 Å². The Bertz CT molecular complexity index is 254. The van der Waals surface area contributed by atoms with Crippen LogP contribution in [0.5, 0.6) is 0 Å². The zero-order chi connectivity index (χ0) is 10.4. The Morgan fingerprint density at radius 1 is 1.43 bits per heavy atom. The molecule has 0 atom stereocenters. The van der Waals surface area contributed by atoms with Crippen molar-refractivity contribution in [2.45, 2.75) is 46.1 Å². The highest BCUT2D eigenvalue weighted by atomic mass is 32.1. The third kappa shape index (κ3) is 3.76. The molecular formula is C11H20N2S. The summed E-state index contributed by atoms with van der Waals surface area (Å²) in [4.78, 5) is 5.64. The van der Waals surface area contributed by atoms with Crippen LogP contribution in [0.15, 0.2) is 6.20 Å². The van der Waals surface area contributed by atoms with Crippen molar-refractivity contribution in [3.05, 3.63) is 16.1 Å². The summed E-state index contributed by atoms with van der Waals surface area (Å²) in [6, 6.07) is 0.684. The van der Waals surface area contributed by atoms with Crippen molar-refractivity contribution in [1.29, 1.82) is 0 Å². The van der Waals surface area contributed by atoms with E-state index in [4.69, 9.17) is 0 Å². The second-order valence-corrected chi connectivity index (χ2v) is 4.88. The van der Waals surface area contributed by atoms with E-state index < -0.39 is 0 Å². The number of nitrogens with one attached hydrogen (secondary N) is 1. The van der Waals surface area contributed by atoms with Crippen molar-refractivity contribution < 1.29 is 0 Å². The lowest BCUT2D eigenvalue weighted by atomic mass is 10.2. The fourth-order valence-electron chi connectivity index (χ4n) is 1.50. The van der Waals surface area contributed by atoms with Crippen LogP contribution in [0.2, 0.25) is 0 Å². The Balaban J connectivity index is 2.21. The van der Waals surface area contributed by atoms with E-state index in [-0.39, 0.29) is 0 Å². The van der Waals surface area contributed by atoms with Crippen molar-refractivity contribution in [2.24, 2.45) is 0 Å². The predicted octanol–water partition coefficient (Wildman–Crippen LogP) is 2.77. The first-order valence-electron chi connectivity index (χ1n) is 5.41. The number of rotatable bonds is 6. The number of aryl methyl sites for hydroxylation is 1. The van der Waals surface area contributed by atoms with Gasteiger partial charge in [0.2, 0.25) is 0 Å². The molecule has 1 rings (SSSR count). The summed E-state index contributed by atoms with van der Waals surface area (Å²) in [5.41, 5.74) is 0. The van der Waals surface area contributed by atoms with Crippen molar-refractivity contribution >= 4 is 11.3 Å². The molecule has 1 aromatic heterocycles. The Kier molecular flexibility index (Phi) is 5.12. The Morgan fingerprint density at radius 3 is 2.64 bits per heavy atom. The number of thiazole rings is 1. The quantitative estimate of drug-likeness (QED) is 0.784. The molecule has 14 heavy (non-hydrogen) atoms. The molecular weight excluding hydrogens is 192 g/mol. The highest BCUT2D eigenvalue weighted by Crippen LogP contribution is 2.11. The van der Waals surface area contributed by atoms with Gasteiger partial charge >= 0.3 is 0 Å². The smallest absolute Gasteiger partial charge is 0.0896 e. The van der Waals surface area contributed by atoms with E-state index in [0.29, 0.717) is 6.04 Å². The largest absolute Gasteiger partial charge is 0.314 e. The van der Waals surface area contributed by atoms with Gasteiger partial charge in [-0.1, -0.05) is 13.8 Å². The molecule has 0 aliphatic rings. The van der Waals surface area contributed by atoms with Crippen LogP contribution in [-0.4, -0.2) is 17.6 Å². The molecule has 0 aliphatic heterocycles. The first kappa shape index (κ1) is 11.7. The van der Waals surface area contributed by atoms with E-state index in [0.717, 1.165) is 13.0 Å². The lowest BCUT2D eigenvalue weighted by Gasteiger charge is -2.13. The maximum atomic E-state index is 4.25. The van der Waals surface area contributed by atoms with Gasteiger partial charge in [-0.05, 0) is 26.2 Å². The summed E-state index contributed by atoms with van der Waals surface area (Å²) in [6.07, 6.45) is 5.55. The first-order valence-corrected chi connectivity index (χ1v) is 6.22. The lowest BCUT2D eigenvalue weighted by Crippen LogP contribution is -2.29. The summed E-state index contributed by atoms with van der Waals surface area (Å²) >= 11 is 1.80. The number of hydrogen-bond acceptors (Lipinski definition) is 3. The van der Waals surface area contributed by atoms with Gasteiger partial charge in [0.1, 0.15) is 0 Å². The molecule has 1 N–H and O–H groups in total. The van der Waals surface area contributed by atoms with Gasteiger partial charge in [0.25, 0.3) is 0 Å². The molecule has 1 aromatic rings. The lowest BCUT2D eigenvalue weighted by molar-refractivity contribution is 0.489. The molecule has 3 heteroatoms. The summed E-state index contributed by atoms with van der Waals surface area (Å²) in [5, 5.41) is 4.72. The topological polar surface area (TPSA) is 24.9 Å². The molecule has 2 nitrogen and oxygen atoms in total. The van der Waals surface area contributed by atoms with Crippen LogP contribution < -0.4 is 5.32 Å². The molecule has 0 spiro atoms. The third-order valence-corrected chi connectivity index (χ3v) is 3.43. The minimum Gasteiger partial charge on any atom is -0.314 e. The van der Waals surface area contributed by atoms with Crippen molar-refractivity contribution in [3.63, 3.8) is 0 Å². The highest BCUT2D eigenvalue weighted by Gasteiger charge is 2.02. The van der Waals surface area contributed by atoms with Crippen LogP contribution in [-0.2, 0) is 6.42 Å². The average molecular weight is 212 g/mol. The van der Waals surface area contributed by atoms with Crippen molar-refractivity contribution in [2.75, 3.05) is 6.54 Å². The Hall–Kier alpha value is -0.410. The SMILES string of the molecule is CCC(CC)NCCc1cnc(C)s1. The zero-order valence-corrected chi connectivity index (χ0v) is 10.2. The molecule has 0 aromatic carbocycles. The van der Waals surface area contributed by atoms with E-state index in [2.05, 4.69) is 31.1 Å². The average Bonchev–Trinajstić information content (AvgIpc) is 2.59. The normalized spacial score (nSPS) is 11.1. The maximum Gasteiger partial charge on any atom is 0.0896 e. The molecule has 0 aliphatic carbocycles. The highest BCUT2D eigenvalue weighted by molar-refractivity contribution is 7.11. The minimum atomic E-state index is 0.684. The molecule has 1 heterocycles. The molecule has 0 radical (unpaired) electrons. The molecule has 80 valence electrons. The summed E-state index contributed by atoms with van der Waals surface area (Å²) in [7, 11) is 0. The van der Waals surface area contributed by atoms with Gasteiger partial charge in [-0.25, -0.2) is 4.98 Å². The molecule has 0 amide bonds. The second kappa shape index (κ2) is 6.14. The van der Waals surface area contributed by atoms with Crippen LogP contribution in [0.25, 0.3) is 0 Å². The van der Waals surface area contributed by atoms with Gasteiger partial charge in [0.15, 0.2) is 0 Å². The van der Waals surface area contributed by atoms with E-state index in [1.807, 2.05) is 6.20 Å². The molecule has 0 saturated carbocycles. The van der Waals surface area contributed by atoms with Crippen LogP contribution >= 0.6 is 11.3 Å². The molecule has 0 fully saturated rings. The van der Waals surface area contributed by atoms with Gasteiger partial charge in [-0.15, -0.1) is 11.3 Å². The Labute approximate surface area is 90.8 Å². The Morgan fingerprint density at radius 2 is 2.14 bits per heavy atom. The monoisotopic (exact) mass is 212 g/mol. The van der Waals surface area contributed by atoms with Gasteiger partial charge in [-0.2, -0.15) is 0 Å². The number of nitrogens with zero attached hydrogens (tertiary/aromatic N) is 1. The minimum absolute atomic E-state index is 0.684. The molecule has 0 bridgehead atoms. The van der Waals surface area contributed by atoms with Crippen molar-refractivity contribution in [3.8, 4) is 0 Å². The standard InChI is InChI=1S/C11H20N2S/c1-4-10(5-2)12-7-6-11-8-13-9(3)14-11/h8,10,12H,4-7H2,1-3H3. The van der Waals surface area contributed by atoms with E-state index >= 15 is 0 Å². The predicted molar refractivity (Wildman–Crippen MR) is 62.9 cm³/mol. The maximum absolute atomic E-state index is 4.25. The third-order valence-electron chi connectivity index (χ3n) is 2.46. The van der Waals surface area contributed by atoms with Gasteiger partial charge in [0.05, 0.1) is 5.01 Å². The van der Waals surface area contributed by atoms with Crippen LogP contribution in [0, 0.1) is 6.92 Å². The van der Waals surface area contributed by atoms with Gasteiger partial charge < -0.3 is 5.32 Å². The summed E-state index contributed by atoms with van der Waals surface area (Å²) in [5.74, 6) is 0. The fourth-order valence-corrected chi connectivity index (χ4v) is 2.29. The first-order chi connectivity index (χ1) is 6.76. The summed E-state index contributed by atoms with van der Waals surface area (Å²) < 4.78 is 0. The molecule has 0 unspecified atom stereocenters. The molecule has 0 saturated heterocycles. The van der Waals surface area contributed by atoms with E-state index in [1.165, 1.54) is 22.7 Å².